The minimum atomic E-state index is -0.879. The highest BCUT2D eigenvalue weighted by molar-refractivity contribution is 6.30. The van der Waals surface area contributed by atoms with Crippen molar-refractivity contribution in [2.24, 2.45) is 5.92 Å². The molecule has 0 bridgehead atoms. The molecule has 1 aromatic rings. The smallest absolute Gasteiger partial charge is 0.254 e. The van der Waals surface area contributed by atoms with Crippen LogP contribution in [0.3, 0.4) is 0 Å². The summed E-state index contributed by atoms with van der Waals surface area (Å²) in [6, 6.07) is 1.56. The van der Waals surface area contributed by atoms with Crippen molar-refractivity contribution in [3.05, 3.63) is 34.4 Å². The second kappa shape index (κ2) is 6.28. The van der Waals surface area contributed by atoms with Crippen LogP contribution in [0.1, 0.15) is 43.0 Å². The molecule has 1 aliphatic carbocycles. The van der Waals surface area contributed by atoms with E-state index in [1.165, 1.54) is 0 Å². The summed E-state index contributed by atoms with van der Waals surface area (Å²) in [6.45, 7) is 1.82. The maximum Gasteiger partial charge on any atom is 0.254 e. The topological polar surface area (TPSA) is 49.3 Å². The highest BCUT2D eigenvalue weighted by atomic mass is 35.5. The number of nitrogens with one attached hydrogen (secondary N) is 1. The zero-order valence-corrected chi connectivity index (χ0v) is 12.5. The Labute approximate surface area is 127 Å². The lowest BCUT2D eigenvalue weighted by Crippen LogP contribution is -2.54. The van der Waals surface area contributed by atoms with Gasteiger partial charge in [-0.1, -0.05) is 31.4 Å². The minimum Gasteiger partial charge on any atom is -0.394 e. The Balaban J connectivity index is 2.22. The number of hydrogen-bond acceptors (Lipinski definition) is 2. The van der Waals surface area contributed by atoms with Crippen LogP contribution in [0.2, 0.25) is 5.02 Å². The molecule has 1 aliphatic rings. The third kappa shape index (κ3) is 3.52. The van der Waals surface area contributed by atoms with Crippen molar-refractivity contribution in [1.82, 2.24) is 5.32 Å². The fourth-order valence-corrected chi connectivity index (χ4v) is 3.11. The number of carbonyl (C=O) groups excluding carboxylic acids is 1. The summed E-state index contributed by atoms with van der Waals surface area (Å²) in [5.41, 5.74) is -1.17. The van der Waals surface area contributed by atoms with Gasteiger partial charge in [-0.25, -0.2) is 8.78 Å². The molecule has 0 saturated heterocycles. The molecule has 0 heterocycles. The number of amides is 1. The van der Waals surface area contributed by atoms with Crippen LogP contribution in [-0.4, -0.2) is 23.2 Å². The van der Waals surface area contributed by atoms with Gasteiger partial charge in [-0.3, -0.25) is 4.79 Å². The summed E-state index contributed by atoms with van der Waals surface area (Å²) in [5, 5.41) is 11.9. The van der Waals surface area contributed by atoms with Crippen LogP contribution in [-0.2, 0) is 0 Å². The lowest BCUT2D eigenvalue weighted by Gasteiger charge is -2.39. The normalized spacial score (nSPS) is 25.7. The molecule has 0 spiro atoms. The van der Waals surface area contributed by atoms with Gasteiger partial charge in [-0.15, -0.1) is 0 Å². The zero-order chi connectivity index (χ0) is 15.6. The van der Waals surface area contributed by atoms with Gasteiger partial charge in [0.2, 0.25) is 0 Å². The second-order valence-electron chi connectivity index (χ2n) is 5.84. The van der Waals surface area contributed by atoms with Gasteiger partial charge in [-0.05, 0) is 30.9 Å². The molecule has 6 heteroatoms. The number of aliphatic hydroxyl groups excluding tert-OH is 1. The van der Waals surface area contributed by atoms with Crippen molar-refractivity contribution >= 4 is 17.5 Å². The van der Waals surface area contributed by atoms with Gasteiger partial charge in [0.25, 0.3) is 5.91 Å². The molecular weight excluding hydrogens is 300 g/mol. The molecule has 2 unspecified atom stereocenters. The van der Waals surface area contributed by atoms with Crippen molar-refractivity contribution < 1.29 is 18.7 Å². The van der Waals surface area contributed by atoms with Crippen LogP contribution >= 0.6 is 11.6 Å². The average molecular weight is 318 g/mol. The summed E-state index contributed by atoms with van der Waals surface area (Å²) in [5.74, 6) is -2.10. The summed E-state index contributed by atoms with van der Waals surface area (Å²) in [6.07, 6.45) is 3.14. The molecule has 1 fully saturated rings. The second-order valence-corrected chi connectivity index (χ2v) is 6.25. The number of benzene rings is 1. The Hall–Kier alpha value is -1.20. The van der Waals surface area contributed by atoms with Gasteiger partial charge in [0.1, 0.15) is 11.6 Å². The largest absolute Gasteiger partial charge is 0.394 e. The lowest BCUT2D eigenvalue weighted by molar-refractivity contribution is 0.0693. The van der Waals surface area contributed by atoms with E-state index in [2.05, 4.69) is 5.32 Å². The standard InChI is InChI=1S/C15H18ClF2NO2/c1-9-3-2-4-15(7-9,8-20)19-14(21)10-5-13(18)11(16)6-12(10)17/h5-6,9,20H,2-4,7-8H2,1H3,(H,19,21). The number of hydrogen-bond donors (Lipinski definition) is 2. The zero-order valence-electron chi connectivity index (χ0n) is 11.8. The summed E-state index contributed by atoms with van der Waals surface area (Å²) >= 11 is 5.47. The molecule has 21 heavy (non-hydrogen) atoms. The molecule has 2 atom stereocenters. The van der Waals surface area contributed by atoms with Gasteiger partial charge in [0.15, 0.2) is 0 Å². The quantitative estimate of drug-likeness (QED) is 0.840. The Morgan fingerprint density at radius 2 is 2.19 bits per heavy atom. The van der Waals surface area contributed by atoms with Crippen LogP contribution < -0.4 is 5.32 Å². The first-order valence-electron chi connectivity index (χ1n) is 6.95. The number of carbonyl (C=O) groups is 1. The first kappa shape index (κ1) is 16.2. The van der Waals surface area contributed by atoms with Crippen molar-refractivity contribution in [3.63, 3.8) is 0 Å². The van der Waals surface area contributed by atoms with Crippen LogP contribution in [0.5, 0.6) is 0 Å². The van der Waals surface area contributed by atoms with E-state index >= 15 is 0 Å². The van der Waals surface area contributed by atoms with Crippen LogP contribution in [0.15, 0.2) is 12.1 Å². The molecule has 116 valence electrons. The molecule has 3 nitrogen and oxygen atoms in total. The molecular formula is C15H18ClF2NO2. The van der Waals surface area contributed by atoms with Gasteiger partial charge in [0, 0.05) is 0 Å². The number of aliphatic hydroxyl groups is 1. The first-order chi connectivity index (χ1) is 9.87. The SMILES string of the molecule is CC1CCCC(CO)(NC(=O)c2cc(F)c(Cl)cc2F)C1. The third-order valence-corrected chi connectivity index (χ3v) is 4.32. The Morgan fingerprint density at radius 1 is 1.48 bits per heavy atom. The third-order valence-electron chi connectivity index (χ3n) is 4.03. The highest BCUT2D eigenvalue weighted by Gasteiger charge is 2.36. The van der Waals surface area contributed by atoms with E-state index in [0.717, 1.165) is 25.0 Å². The van der Waals surface area contributed by atoms with Gasteiger partial charge < -0.3 is 10.4 Å². The van der Waals surface area contributed by atoms with E-state index < -0.39 is 28.6 Å². The molecule has 2 rings (SSSR count). The molecule has 2 N–H and O–H groups in total. The first-order valence-corrected chi connectivity index (χ1v) is 7.32. The van der Waals surface area contributed by atoms with Crippen molar-refractivity contribution in [2.75, 3.05) is 6.61 Å². The Morgan fingerprint density at radius 3 is 2.81 bits per heavy atom. The molecule has 0 radical (unpaired) electrons. The Bertz CT molecular complexity index is 553. The van der Waals surface area contributed by atoms with Crippen LogP contribution in [0.25, 0.3) is 0 Å². The number of halogens is 3. The predicted octanol–water partition coefficient (Wildman–Crippen LogP) is 3.29. The van der Waals surface area contributed by atoms with E-state index in [-0.39, 0.29) is 11.6 Å². The fraction of sp³-hybridized carbons (Fsp3) is 0.533. The van der Waals surface area contributed by atoms with Crippen LogP contribution in [0.4, 0.5) is 8.78 Å². The van der Waals surface area contributed by atoms with E-state index in [1.807, 2.05) is 6.92 Å². The highest BCUT2D eigenvalue weighted by Crippen LogP contribution is 2.32. The molecule has 1 amide bonds. The minimum absolute atomic E-state index is 0.221. The average Bonchev–Trinajstić information content (AvgIpc) is 2.42. The summed E-state index contributed by atoms with van der Waals surface area (Å²) in [4.78, 5) is 12.2. The predicted molar refractivity (Wildman–Crippen MR) is 76.3 cm³/mol. The van der Waals surface area contributed by atoms with Gasteiger partial charge in [-0.2, -0.15) is 0 Å². The van der Waals surface area contributed by atoms with Gasteiger partial charge >= 0.3 is 0 Å². The summed E-state index contributed by atoms with van der Waals surface area (Å²) in [7, 11) is 0. The summed E-state index contributed by atoms with van der Waals surface area (Å²) < 4.78 is 27.2. The van der Waals surface area contributed by atoms with Crippen LogP contribution in [0, 0.1) is 17.6 Å². The number of rotatable bonds is 3. The van der Waals surface area contributed by atoms with Crippen molar-refractivity contribution in [2.45, 2.75) is 38.1 Å². The molecule has 0 aromatic heterocycles. The Kier molecular flexibility index (Phi) is 4.84. The lowest BCUT2D eigenvalue weighted by atomic mass is 9.76. The van der Waals surface area contributed by atoms with E-state index in [4.69, 9.17) is 11.6 Å². The van der Waals surface area contributed by atoms with Crippen molar-refractivity contribution in [3.8, 4) is 0 Å². The monoisotopic (exact) mass is 317 g/mol. The maximum absolute atomic E-state index is 13.8. The van der Waals surface area contributed by atoms with Gasteiger partial charge in [0.05, 0.1) is 22.7 Å². The van der Waals surface area contributed by atoms with E-state index in [0.29, 0.717) is 18.8 Å². The van der Waals surface area contributed by atoms with E-state index in [1.54, 1.807) is 0 Å². The van der Waals surface area contributed by atoms with E-state index in [9.17, 15) is 18.7 Å². The maximum atomic E-state index is 13.8. The molecule has 0 aliphatic heterocycles. The molecule has 1 aromatic carbocycles. The molecule has 1 saturated carbocycles. The van der Waals surface area contributed by atoms with Crippen molar-refractivity contribution in [1.29, 1.82) is 0 Å². The fourth-order valence-electron chi connectivity index (χ4n) is 2.96.